The van der Waals surface area contributed by atoms with Gasteiger partial charge in [0, 0.05) is 19.6 Å². The van der Waals surface area contributed by atoms with Crippen LogP contribution in [0.15, 0.2) is 12.4 Å². The molecule has 1 fully saturated rings. The molecule has 0 N–H and O–H groups in total. The Labute approximate surface area is 162 Å². The molecule has 0 saturated carbocycles. The van der Waals surface area contributed by atoms with E-state index in [1.54, 1.807) is 6.20 Å². The summed E-state index contributed by atoms with van der Waals surface area (Å²) in [5.74, 6) is 0.771. The number of hydrogen-bond donors (Lipinski definition) is 0. The summed E-state index contributed by atoms with van der Waals surface area (Å²) in [6.45, 7) is 6.36. The number of nitriles is 1. The molecule has 4 rings (SSSR count). The van der Waals surface area contributed by atoms with Crippen LogP contribution in [-0.4, -0.2) is 38.8 Å². The van der Waals surface area contributed by atoms with Crippen LogP contribution in [-0.2, 0) is 17.9 Å². The van der Waals surface area contributed by atoms with E-state index >= 15 is 0 Å². The quantitative estimate of drug-likeness (QED) is 0.792. The van der Waals surface area contributed by atoms with E-state index in [0.29, 0.717) is 30.5 Å². The van der Waals surface area contributed by atoms with Gasteiger partial charge in [0.2, 0.25) is 5.91 Å². The lowest BCUT2D eigenvalue weighted by Crippen LogP contribution is -2.34. The van der Waals surface area contributed by atoms with Gasteiger partial charge < -0.3 is 9.80 Å². The van der Waals surface area contributed by atoms with E-state index in [-0.39, 0.29) is 17.5 Å². The molecular formula is C19H19ClN6O. The van der Waals surface area contributed by atoms with Crippen molar-refractivity contribution in [3.8, 4) is 6.07 Å². The molecule has 0 aromatic carbocycles. The fourth-order valence-corrected chi connectivity index (χ4v) is 3.99. The molecule has 2 aromatic rings. The summed E-state index contributed by atoms with van der Waals surface area (Å²) in [7, 11) is 0. The molecule has 1 atom stereocenters. The highest BCUT2D eigenvalue weighted by atomic mass is 35.5. The molecule has 7 nitrogen and oxygen atoms in total. The molecule has 1 saturated heterocycles. The lowest BCUT2D eigenvalue weighted by atomic mass is 10.1. The Morgan fingerprint density at radius 3 is 2.81 bits per heavy atom. The van der Waals surface area contributed by atoms with Crippen molar-refractivity contribution in [3.63, 3.8) is 0 Å². The second kappa shape index (κ2) is 6.78. The van der Waals surface area contributed by atoms with Crippen molar-refractivity contribution in [2.45, 2.75) is 33.4 Å². The van der Waals surface area contributed by atoms with Crippen molar-refractivity contribution in [1.29, 1.82) is 5.26 Å². The summed E-state index contributed by atoms with van der Waals surface area (Å²) in [4.78, 5) is 29.9. The minimum atomic E-state index is -0.0753. The third-order valence-electron chi connectivity index (χ3n) is 5.37. The highest BCUT2D eigenvalue weighted by molar-refractivity contribution is 6.32. The second-order valence-electron chi connectivity index (χ2n) is 7.06. The monoisotopic (exact) mass is 382 g/mol. The van der Waals surface area contributed by atoms with Crippen molar-refractivity contribution in [3.05, 3.63) is 45.6 Å². The highest BCUT2D eigenvalue weighted by Crippen LogP contribution is 2.32. The SMILES string of the molecule is Cc1nc2c(c(C)c1Cl)CN(C(=O)[C@@H]1CCN(c3cnc(C#N)cn3)C1)C2. The molecule has 0 unspecified atom stereocenters. The van der Waals surface area contributed by atoms with Gasteiger partial charge in [0.15, 0.2) is 5.69 Å². The number of aromatic nitrogens is 3. The first-order valence-corrected chi connectivity index (χ1v) is 9.26. The lowest BCUT2D eigenvalue weighted by molar-refractivity contribution is -0.135. The van der Waals surface area contributed by atoms with Gasteiger partial charge in [-0.25, -0.2) is 9.97 Å². The van der Waals surface area contributed by atoms with Crippen LogP contribution < -0.4 is 4.90 Å². The number of pyridine rings is 1. The molecule has 2 aliphatic rings. The minimum absolute atomic E-state index is 0.0753. The third kappa shape index (κ3) is 3.10. The van der Waals surface area contributed by atoms with Gasteiger partial charge in [-0.15, -0.1) is 0 Å². The Morgan fingerprint density at radius 1 is 1.30 bits per heavy atom. The molecule has 2 aromatic heterocycles. The van der Waals surface area contributed by atoms with Crippen molar-refractivity contribution < 1.29 is 4.79 Å². The van der Waals surface area contributed by atoms with Crippen molar-refractivity contribution in [2.75, 3.05) is 18.0 Å². The number of aryl methyl sites for hydroxylation is 1. The number of halogens is 1. The molecule has 0 aliphatic carbocycles. The van der Waals surface area contributed by atoms with Gasteiger partial charge in [0.05, 0.1) is 41.3 Å². The number of rotatable bonds is 2. The zero-order valence-corrected chi connectivity index (χ0v) is 16.0. The zero-order valence-electron chi connectivity index (χ0n) is 15.2. The molecule has 0 spiro atoms. The third-order valence-corrected chi connectivity index (χ3v) is 5.92. The number of carbonyl (C=O) groups is 1. The molecular weight excluding hydrogens is 364 g/mol. The average Bonchev–Trinajstić information content (AvgIpc) is 3.33. The van der Waals surface area contributed by atoms with E-state index in [2.05, 4.69) is 15.0 Å². The van der Waals surface area contributed by atoms with Gasteiger partial charge in [-0.1, -0.05) is 11.6 Å². The Hall–Kier alpha value is -2.72. The maximum atomic E-state index is 13.0. The van der Waals surface area contributed by atoms with Crippen molar-refractivity contribution >= 4 is 23.3 Å². The first-order valence-electron chi connectivity index (χ1n) is 8.88. The number of hydrogen-bond acceptors (Lipinski definition) is 6. The normalized spacial score (nSPS) is 18.5. The second-order valence-corrected chi connectivity index (χ2v) is 7.44. The van der Waals surface area contributed by atoms with Crippen LogP contribution in [0.25, 0.3) is 0 Å². The Kier molecular flexibility index (Phi) is 4.44. The maximum absolute atomic E-state index is 13.0. The van der Waals surface area contributed by atoms with Crippen LogP contribution in [0, 0.1) is 31.1 Å². The van der Waals surface area contributed by atoms with Crippen LogP contribution in [0.5, 0.6) is 0 Å². The largest absolute Gasteiger partial charge is 0.355 e. The smallest absolute Gasteiger partial charge is 0.228 e. The number of anilines is 1. The summed E-state index contributed by atoms with van der Waals surface area (Å²) in [5, 5.41) is 9.52. The first kappa shape index (κ1) is 17.7. The van der Waals surface area contributed by atoms with Crippen LogP contribution in [0.4, 0.5) is 5.82 Å². The predicted octanol–water partition coefficient (Wildman–Crippen LogP) is 2.38. The van der Waals surface area contributed by atoms with Crippen LogP contribution in [0.1, 0.15) is 34.6 Å². The van der Waals surface area contributed by atoms with Gasteiger partial charge in [-0.05, 0) is 31.4 Å². The summed E-state index contributed by atoms with van der Waals surface area (Å²) in [6, 6.07) is 1.96. The molecule has 4 heterocycles. The predicted molar refractivity (Wildman–Crippen MR) is 100 cm³/mol. The Bertz CT molecular complexity index is 952. The first-order chi connectivity index (χ1) is 13.0. The molecule has 0 bridgehead atoms. The zero-order chi connectivity index (χ0) is 19.1. The number of nitrogens with zero attached hydrogens (tertiary/aromatic N) is 6. The summed E-state index contributed by atoms with van der Waals surface area (Å²) in [6.07, 6.45) is 3.83. The van der Waals surface area contributed by atoms with Crippen LogP contribution in [0.2, 0.25) is 5.02 Å². The summed E-state index contributed by atoms with van der Waals surface area (Å²) < 4.78 is 0. The molecule has 0 radical (unpaired) electrons. The van der Waals surface area contributed by atoms with Crippen molar-refractivity contribution in [1.82, 2.24) is 19.9 Å². The number of carbonyl (C=O) groups excluding carboxylic acids is 1. The lowest BCUT2D eigenvalue weighted by Gasteiger charge is -2.21. The topological polar surface area (TPSA) is 86.0 Å². The highest BCUT2D eigenvalue weighted by Gasteiger charge is 2.35. The van der Waals surface area contributed by atoms with E-state index in [1.165, 1.54) is 6.20 Å². The summed E-state index contributed by atoms with van der Waals surface area (Å²) >= 11 is 6.32. The van der Waals surface area contributed by atoms with Gasteiger partial charge in [-0.3, -0.25) is 9.78 Å². The van der Waals surface area contributed by atoms with Gasteiger partial charge in [-0.2, -0.15) is 5.26 Å². The molecule has 1 amide bonds. The molecule has 2 aliphatic heterocycles. The average molecular weight is 383 g/mol. The fourth-order valence-electron chi connectivity index (χ4n) is 3.83. The fraction of sp³-hybridized carbons (Fsp3) is 0.421. The minimum Gasteiger partial charge on any atom is -0.355 e. The van der Waals surface area contributed by atoms with Gasteiger partial charge in [0.1, 0.15) is 11.9 Å². The maximum Gasteiger partial charge on any atom is 0.228 e. The van der Waals surface area contributed by atoms with E-state index in [1.807, 2.05) is 29.7 Å². The van der Waals surface area contributed by atoms with Gasteiger partial charge in [0.25, 0.3) is 0 Å². The molecule has 8 heteroatoms. The molecule has 27 heavy (non-hydrogen) atoms. The standard InChI is InChI=1S/C19H19ClN6O/c1-11-15-9-26(10-16(15)24-12(2)18(11)20)19(27)13-3-4-25(8-13)17-7-22-14(5-21)6-23-17/h6-7,13H,3-4,8-10H2,1-2H3/t13-/m1/s1. The molecule has 138 valence electrons. The van der Waals surface area contributed by atoms with Crippen molar-refractivity contribution in [2.24, 2.45) is 5.92 Å². The van der Waals surface area contributed by atoms with E-state index in [4.69, 9.17) is 16.9 Å². The van der Waals surface area contributed by atoms with E-state index < -0.39 is 0 Å². The van der Waals surface area contributed by atoms with Crippen LogP contribution in [0.3, 0.4) is 0 Å². The van der Waals surface area contributed by atoms with Gasteiger partial charge >= 0.3 is 0 Å². The number of fused-ring (bicyclic) bond motifs is 1. The Morgan fingerprint density at radius 2 is 2.11 bits per heavy atom. The van der Waals surface area contributed by atoms with E-state index in [9.17, 15) is 4.79 Å². The number of amides is 1. The van der Waals surface area contributed by atoms with E-state index in [0.717, 1.165) is 35.5 Å². The Balaban J connectivity index is 1.45. The van der Waals surface area contributed by atoms with Crippen LogP contribution >= 0.6 is 11.6 Å². The summed E-state index contributed by atoms with van der Waals surface area (Å²) in [5.41, 5.74) is 4.16.